The highest BCUT2D eigenvalue weighted by molar-refractivity contribution is 6.16. The van der Waals surface area contributed by atoms with E-state index in [1.165, 1.54) is 18.2 Å². The maximum Gasteiger partial charge on any atom is 0.490 e. The highest BCUT2D eigenvalue weighted by Crippen LogP contribution is 2.33. The highest BCUT2D eigenvalue weighted by Gasteiger charge is 2.38. The standard InChI is InChI=1S/C36H38F3N5O4.C2HF3O2/c1-42(14-15-43-16-18-48-19-17-43)35(47)26-7-5-6-25(20-26)34(46)41-30-11-10-28(44-12-3-2-4-13-44)23-29(30)33(45)32-21-24-8-9-27(36(37,38)39)22-31(24)40-32;3-2(4,5)1(6)7/h5-11,20-23,40H,2-4,12-19H2,1H3,(H,41,46);(H,6,7). The third kappa shape index (κ3) is 10.6. The number of halogens is 6. The third-order valence-electron chi connectivity index (χ3n) is 9.23. The predicted octanol–water partition coefficient (Wildman–Crippen LogP) is 6.70. The maximum absolute atomic E-state index is 14.0. The lowest BCUT2D eigenvalue weighted by atomic mass is 10.0. The molecular weight excluding hydrogens is 736 g/mol. The van der Waals surface area contributed by atoms with Crippen molar-refractivity contribution < 1.29 is 55.4 Å². The molecule has 2 amide bonds. The molecule has 0 radical (unpaired) electrons. The number of H-pyrrole nitrogens is 1. The number of aromatic nitrogens is 1. The van der Waals surface area contributed by atoms with Crippen LogP contribution >= 0.6 is 0 Å². The van der Waals surface area contributed by atoms with Crippen LogP contribution < -0.4 is 10.2 Å². The van der Waals surface area contributed by atoms with Crippen LogP contribution in [-0.4, -0.2) is 109 Å². The molecule has 3 N–H and O–H groups in total. The molecule has 2 fully saturated rings. The van der Waals surface area contributed by atoms with Crippen LogP contribution in [0.15, 0.2) is 66.7 Å². The fraction of sp³-hybridized carbons (Fsp3) is 0.368. The molecule has 294 valence electrons. The number of hydrogen-bond donors (Lipinski definition) is 3. The number of piperidine rings is 1. The Morgan fingerprint density at radius 2 is 1.53 bits per heavy atom. The second-order valence-electron chi connectivity index (χ2n) is 13.1. The van der Waals surface area contributed by atoms with E-state index in [0.29, 0.717) is 30.7 Å². The number of nitrogens with one attached hydrogen (secondary N) is 2. The molecule has 1 aromatic heterocycles. The van der Waals surface area contributed by atoms with Crippen molar-refractivity contribution in [3.63, 3.8) is 0 Å². The van der Waals surface area contributed by atoms with Crippen molar-refractivity contribution in [3.8, 4) is 0 Å². The van der Waals surface area contributed by atoms with Crippen LogP contribution in [0, 0.1) is 0 Å². The summed E-state index contributed by atoms with van der Waals surface area (Å²) in [5, 5.41) is 10.4. The van der Waals surface area contributed by atoms with Crippen LogP contribution in [0.1, 0.15) is 61.6 Å². The lowest BCUT2D eigenvalue weighted by Gasteiger charge is -2.29. The van der Waals surface area contributed by atoms with Crippen molar-refractivity contribution in [2.75, 3.05) is 69.7 Å². The van der Waals surface area contributed by atoms with Crippen LogP contribution in [-0.2, 0) is 15.7 Å². The number of carbonyl (C=O) groups excluding carboxylic acids is 3. The summed E-state index contributed by atoms with van der Waals surface area (Å²) >= 11 is 0. The highest BCUT2D eigenvalue weighted by atomic mass is 19.4. The Morgan fingerprint density at radius 3 is 2.18 bits per heavy atom. The van der Waals surface area contributed by atoms with E-state index >= 15 is 0 Å². The van der Waals surface area contributed by atoms with Crippen LogP contribution in [0.4, 0.5) is 37.7 Å². The Morgan fingerprint density at radius 1 is 0.855 bits per heavy atom. The lowest BCUT2D eigenvalue weighted by molar-refractivity contribution is -0.192. The third-order valence-corrected chi connectivity index (χ3v) is 9.23. The lowest BCUT2D eigenvalue weighted by Crippen LogP contribution is -2.41. The summed E-state index contributed by atoms with van der Waals surface area (Å²) in [6.07, 6.45) is -6.45. The van der Waals surface area contributed by atoms with E-state index in [4.69, 9.17) is 14.6 Å². The molecule has 4 aromatic rings. The number of alkyl halides is 6. The molecule has 0 spiro atoms. The fourth-order valence-electron chi connectivity index (χ4n) is 6.17. The van der Waals surface area contributed by atoms with Crippen LogP contribution in [0.25, 0.3) is 10.9 Å². The number of aromatic amines is 1. The van der Waals surface area contributed by atoms with Crippen molar-refractivity contribution in [1.82, 2.24) is 14.8 Å². The summed E-state index contributed by atoms with van der Waals surface area (Å²) in [5.41, 5.74) is 1.33. The van der Waals surface area contributed by atoms with Gasteiger partial charge >= 0.3 is 18.3 Å². The summed E-state index contributed by atoms with van der Waals surface area (Å²) in [6, 6.07) is 16.5. The fourth-order valence-corrected chi connectivity index (χ4v) is 6.17. The van der Waals surface area contributed by atoms with E-state index in [1.54, 1.807) is 42.3 Å². The minimum absolute atomic E-state index is 0.100. The number of ketones is 1. The number of nitrogens with zero attached hydrogens (tertiary/aromatic N) is 3. The van der Waals surface area contributed by atoms with Crippen molar-refractivity contribution in [2.24, 2.45) is 0 Å². The van der Waals surface area contributed by atoms with Crippen molar-refractivity contribution in [1.29, 1.82) is 0 Å². The maximum atomic E-state index is 14.0. The van der Waals surface area contributed by atoms with Gasteiger partial charge in [0.1, 0.15) is 0 Å². The molecule has 0 unspecified atom stereocenters. The second kappa shape index (κ2) is 17.4. The summed E-state index contributed by atoms with van der Waals surface area (Å²) in [7, 11) is 1.73. The van der Waals surface area contributed by atoms with E-state index in [9.17, 15) is 40.7 Å². The van der Waals surface area contributed by atoms with Gasteiger partial charge in [0.15, 0.2) is 0 Å². The van der Waals surface area contributed by atoms with Gasteiger partial charge in [-0.2, -0.15) is 26.3 Å². The minimum atomic E-state index is -5.08. The van der Waals surface area contributed by atoms with Gasteiger partial charge in [0, 0.05) is 79.6 Å². The number of ether oxygens (including phenoxy) is 1. The Kier molecular flexibility index (Phi) is 12.9. The SMILES string of the molecule is CN(CCN1CCOCC1)C(=O)c1cccc(C(=O)Nc2ccc(N3CCCCC3)cc2C(=O)c2cc3ccc(C(F)(F)F)cc3[nH]2)c1.O=C(O)C(F)(F)F. The van der Waals surface area contributed by atoms with E-state index in [0.717, 1.165) is 69.8 Å². The van der Waals surface area contributed by atoms with Gasteiger partial charge in [-0.15, -0.1) is 0 Å². The molecule has 0 aliphatic carbocycles. The normalized spacial score (nSPS) is 15.2. The van der Waals surface area contributed by atoms with Crippen LogP contribution in [0.3, 0.4) is 0 Å². The Balaban J connectivity index is 0.000000757. The first-order valence-electron chi connectivity index (χ1n) is 17.4. The topological polar surface area (TPSA) is 135 Å². The molecule has 55 heavy (non-hydrogen) atoms. The Bertz CT molecular complexity index is 2020. The molecule has 3 aromatic carbocycles. The van der Waals surface area contributed by atoms with Crippen LogP contribution in [0.2, 0.25) is 0 Å². The molecule has 6 rings (SSSR count). The predicted molar refractivity (Wildman–Crippen MR) is 192 cm³/mol. The second-order valence-corrected chi connectivity index (χ2v) is 13.1. The van der Waals surface area contributed by atoms with Gasteiger partial charge in [-0.1, -0.05) is 12.1 Å². The number of morpholine rings is 1. The van der Waals surface area contributed by atoms with E-state index in [1.807, 2.05) is 6.07 Å². The molecule has 17 heteroatoms. The average Bonchev–Trinajstić information content (AvgIpc) is 3.61. The first-order valence-corrected chi connectivity index (χ1v) is 17.4. The zero-order chi connectivity index (χ0) is 39.9. The molecule has 2 aliphatic heterocycles. The number of rotatable bonds is 9. The van der Waals surface area contributed by atoms with E-state index in [2.05, 4.69) is 20.1 Å². The van der Waals surface area contributed by atoms with Crippen LogP contribution in [0.5, 0.6) is 0 Å². The van der Waals surface area contributed by atoms with Gasteiger partial charge in [0.05, 0.1) is 30.2 Å². The minimum Gasteiger partial charge on any atom is -0.475 e. The van der Waals surface area contributed by atoms with Gasteiger partial charge in [0.25, 0.3) is 11.8 Å². The number of anilines is 2. The molecule has 11 nitrogen and oxygen atoms in total. The smallest absolute Gasteiger partial charge is 0.475 e. The number of benzene rings is 3. The van der Waals surface area contributed by atoms with Gasteiger partial charge in [-0.25, -0.2) is 4.79 Å². The monoisotopic (exact) mass is 775 g/mol. The average molecular weight is 776 g/mol. The van der Waals surface area contributed by atoms with Crippen molar-refractivity contribution in [2.45, 2.75) is 31.6 Å². The van der Waals surface area contributed by atoms with Gasteiger partial charge in [0.2, 0.25) is 5.78 Å². The molecular formula is C38H39F6N5O6. The number of carbonyl (C=O) groups is 4. The number of likely N-dealkylation sites (N-methyl/N-ethyl adjacent to an activating group) is 1. The zero-order valence-electron chi connectivity index (χ0n) is 29.7. The first kappa shape index (κ1) is 40.8. The zero-order valence-corrected chi connectivity index (χ0v) is 29.7. The van der Waals surface area contributed by atoms with Crippen molar-refractivity contribution >= 4 is 45.8 Å². The largest absolute Gasteiger partial charge is 0.490 e. The Labute approximate surface area is 311 Å². The Hall–Kier alpha value is -5.42. The van der Waals surface area contributed by atoms with Crippen molar-refractivity contribution in [3.05, 3.63) is 94.7 Å². The molecule has 3 heterocycles. The number of amides is 2. The summed E-state index contributed by atoms with van der Waals surface area (Å²) < 4.78 is 77.2. The van der Waals surface area contributed by atoms with E-state index < -0.39 is 35.6 Å². The number of aliphatic carboxylic acids is 1. The molecule has 2 aliphatic rings. The molecule has 2 saturated heterocycles. The van der Waals surface area contributed by atoms with Gasteiger partial charge < -0.3 is 29.9 Å². The molecule has 0 atom stereocenters. The first-order chi connectivity index (χ1) is 26.0. The number of hydrogen-bond acceptors (Lipinski definition) is 7. The number of carboxylic acid groups (broad SMARTS) is 1. The number of fused-ring (bicyclic) bond motifs is 1. The van der Waals surface area contributed by atoms with Gasteiger partial charge in [-0.3, -0.25) is 19.3 Å². The quantitative estimate of drug-likeness (QED) is 0.126. The molecule has 0 saturated carbocycles. The van der Waals surface area contributed by atoms with E-state index in [-0.39, 0.29) is 33.9 Å². The summed E-state index contributed by atoms with van der Waals surface area (Å²) in [5.74, 6) is -3.95. The summed E-state index contributed by atoms with van der Waals surface area (Å²) in [6.45, 7) is 5.88. The van der Waals surface area contributed by atoms with Gasteiger partial charge in [-0.05, 0) is 73.9 Å². The summed E-state index contributed by atoms with van der Waals surface area (Å²) in [4.78, 5) is 58.6. The number of carboxylic acids is 1. The molecule has 0 bridgehead atoms.